The van der Waals surface area contributed by atoms with Crippen LogP contribution in [0.3, 0.4) is 0 Å². The van der Waals surface area contributed by atoms with Crippen LogP contribution in [0.25, 0.3) is 0 Å². The first kappa shape index (κ1) is 9.94. The molecule has 0 amide bonds. The fourth-order valence-electron chi connectivity index (χ4n) is 1.76. The molecule has 2 atom stereocenters. The van der Waals surface area contributed by atoms with Crippen LogP contribution in [-0.2, 0) is 6.54 Å². The summed E-state index contributed by atoms with van der Waals surface area (Å²) in [6.07, 6.45) is 6.13. The van der Waals surface area contributed by atoms with Gasteiger partial charge in [0.15, 0.2) is 0 Å². The van der Waals surface area contributed by atoms with Crippen molar-refractivity contribution < 1.29 is 0 Å². The molecule has 0 saturated heterocycles. The van der Waals surface area contributed by atoms with Crippen LogP contribution in [0, 0.1) is 5.92 Å². The molecular weight excluding hydrogens is 196 g/mol. The van der Waals surface area contributed by atoms with Gasteiger partial charge in [0, 0.05) is 25.0 Å². The van der Waals surface area contributed by atoms with Crippen LogP contribution in [0.1, 0.15) is 25.3 Å². The summed E-state index contributed by atoms with van der Waals surface area (Å²) in [7, 11) is 0. The highest BCUT2D eigenvalue weighted by molar-refractivity contribution is 6.31. The van der Waals surface area contributed by atoms with Gasteiger partial charge < -0.3 is 5.32 Å². The monoisotopic (exact) mass is 210 g/mol. The molecule has 1 saturated carbocycles. The first-order valence-electron chi connectivity index (χ1n) is 5.09. The molecular formula is C11H15ClN2. The molecule has 1 aromatic heterocycles. The fraction of sp³-hybridized carbons (Fsp3) is 0.545. The molecule has 1 aliphatic carbocycles. The Balaban J connectivity index is 1.88. The number of halogens is 1. The van der Waals surface area contributed by atoms with E-state index in [2.05, 4.69) is 17.2 Å². The van der Waals surface area contributed by atoms with Crippen molar-refractivity contribution in [3.05, 3.63) is 29.0 Å². The second-order valence-corrected chi connectivity index (χ2v) is 4.42. The Kier molecular flexibility index (Phi) is 3.04. The number of aromatic nitrogens is 1. The molecule has 1 heterocycles. The highest BCUT2D eigenvalue weighted by Gasteiger charge is 2.25. The van der Waals surface area contributed by atoms with Gasteiger partial charge in [-0.3, -0.25) is 4.98 Å². The predicted molar refractivity (Wildman–Crippen MR) is 58.3 cm³/mol. The first-order chi connectivity index (χ1) is 6.77. The summed E-state index contributed by atoms with van der Waals surface area (Å²) >= 11 is 6.00. The van der Waals surface area contributed by atoms with E-state index in [0.29, 0.717) is 6.04 Å². The summed E-state index contributed by atoms with van der Waals surface area (Å²) in [5, 5.41) is 4.27. The van der Waals surface area contributed by atoms with E-state index >= 15 is 0 Å². The Labute approximate surface area is 89.7 Å². The van der Waals surface area contributed by atoms with Gasteiger partial charge in [0.25, 0.3) is 0 Å². The van der Waals surface area contributed by atoms with Gasteiger partial charge in [0.05, 0.1) is 5.02 Å². The standard InChI is InChI=1S/C11H15ClN2/c1-8-2-3-11(8)14-6-9-4-5-13-7-10(9)12/h4-5,7-8,11,14H,2-3,6H2,1H3. The van der Waals surface area contributed by atoms with E-state index in [-0.39, 0.29) is 0 Å². The lowest BCUT2D eigenvalue weighted by molar-refractivity contribution is 0.228. The number of hydrogen-bond donors (Lipinski definition) is 1. The zero-order valence-electron chi connectivity index (χ0n) is 8.33. The smallest absolute Gasteiger partial charge is 0.0634 e. The SMILES string of the molecule is CC1CCC1NCc1ccncc1Cl. The molecule has 0 spiro atoms. The van der Waals surface area contributed by atoms with Gasteiger partial charge in [-0.15, -0.1) is 0 Å². The third-order valence-electron chi connectivity index (χ3n) is 3.03. The molecule has 0 aliphatic heterocycles. The van der Waals surface area contributed by atoms with Crippen LogP contribution in [0.15, 0.2) is 18.5 Å². The summed E-state index contributed by atoms with van der Waals surface area (Å²) in [5.74, 6) is 0.815. The number of nitrogens with one attached hydrogen (secondary N) is 1. The van der Waals surface area contributed by atoms with Crippen molar-refractivity contribution in [3.8, 4) is 0 Å². The second-order valence-electron chi connectivity index (χ2n) is 4.01. The van der Waals surface area contributed by atoms with Crippen molar-refractivity contribution in [3.63, 3.8) is 0 Å². The minimum Gasteiger partial charge on any atom is -0.310 e. The van der Waals surface area contributed by atoms with Gasteiger partial charge in [-0.25, -0.2) is 0 Å². The Morgan fingerprint density at radius 1 is 1.57 bits per heavy atom. The Morgan fingerprint density at radius 3 is 3.00 bits per heavy atom. The van der Waals surface area contributed by atoms with Gasteiger partial charge in [-0.2, -0.15) is 0 Å². The first-order valence-corrected chi connectivity index (χ1v) is 5.47. The van der Waals surface area contributed by atoms with E-state index in [1.54, 1.807) is 12.4 Å². The van der Waals surface area contributed by atoms with Crippen molar-refractivity contribution in [1.29, 1.82) is 0 Å². The van der Waals surface area contributed by atoms with E-state index in [9.17, 15) is 0 Å². The maximum Gasteiger partial charge on any atom is 0.0634 e. The fourth-order valence-corrected chi connectivity index (χ4v) is 1.94. The molecule has 0 aromatic carbocycles. The molecule has 1 fully saturated rings. The van der Waals surface area contributed by atoms with Crippen molar-refractivity contribution in [2.45, 2.75) is 32.4 Å². The molecule has 1 aromatic rings. The van der Waals surface area contributed by atoms with Crippen molar-refractivity contribution in [2.75, 3.05) is 0 Å². The van der Waals surface area contributed by atoms with Crippen molar-refractivity contribution >= 4 is 11.6 Å². The molecule has 3 heteroatoms. The summed E-state index contributed by atoms with van der Waals surface area (Å²) in [6, 6.07) is 2.65. The molecule has 76 valence electrons. The summed E-state index contributed by atoms with van der Waals surface area (Å²) in [6.45, 7) is 3.14. The third-order valence-corrected chi connectivity index (χ3v) is 3.37. The minimum absolute atomic E-state index is 0.680. The lowest BCUT2D eigenvalue weighted by Gasteiger charge is -2.34. The molecule has 0 radical (unpaired) electrons. The number of pyridine rings is 1. The average Bonchev–Trinajstić information content (AvgIpc) is 2.19. The van der Waals surface area contributed by atoms with Gasteiger partial charge in [0.1, 0.15) is 0 Å². The van der Waals surface area contributed by atoms with E-state index in [4.69, 9.17) is 11.6 Å². The predicted octanol–water partition coefficient (Wildman–Crippen LogP) is 2.62. The lowest BCUT2D eigenvalue weighted by atomic mass is 9.81. The van der Waals surface area contributed by atoms with E-state index in [0.717, 1.165) is 23.0 Å². The van der Waals surface area contributed by atoms with Crippen LogP contribution in [0.2, 0.25) is 5.02 Å². The molecule has 1 aliphatic rings. The molecule has 2 unspecified atom stereocenters. The Hall–Kier alpha value is -0.600. The molecule has 14 heavy (non-hydrogen) atoms. The van der Waals surface area contributed by atoms with Crippen LogP contribution in [0.4, 0.5) is 0 Å². The number of rotatable bonds is 3. The highest BCUT2D eigenvalue weighted by atomic mass is 35.5. The Bertz CT molecular complexity index is 314. The molecule has 2 rings (SSSR count). The van der Waals surface area contributed by atoms with Gasteiger partial charge >= 0.3 is 0 Å². The van der Waals surface area contributed by atoms with Crippen LogP contribution in [0.5, 0.6) is 0 Å². The largest absolute Gasteiger partial charge is 0.310 e. The van der Waals surface area contributed by atoms with E-state index in [1.807, 2.05) is 6.07 Å². The van der Waals surface area contributed by atoms with E-state index < -0.39 is 0 Å². The van der Waals surface area contributed by atoms with Crippen molar-refractivity contribution in [2.24, 2.45) is 5.92 Å². The normalized spacial score (nSPS) is 25.9. The topological polar surface area (TPSA) is 24.9 Å². The average molecular weight is 211 g/mol. The Morgan fingerprint density at radius 2 is 2.43 bits per heavy atom. The molecule has 0 bridgehead atoms. The summed E-state index contributed by atoms with van der Waals surface area (Å²) in [4.78, 5) is 3.96. The zero-order valence-corrected chi connectivity index (χ0v) is 9.09. The maximum atomic E-state index is 6.00. The van der Waals surface area contributed by atoms with Crippen LogP contribution < -0.4 is 5.32 Å². The van der Waals surface area contributed by atoms with Gasteiger partial charge in [-0.1, -0.05) is 18.5 Å². The zero-order chi connectivity index (χ0) is 9.97. The number of hydrogen-bond acceptors (Lipinski definition) is 2. The quantitative estimate of drug-likeness (QED) is 0.830. The lowest BCUT2D eigenvalue weighted by Crippen LogP contribution is -2.41. The minimum atomic E-state index is 0.680. The highest BCUT2D eigenvalue weighted by Crippen LogP contribution is 2.27. The van der Waals surface area contributed by atoms with E-state index in [1.165, 1.54) is 12.8 Å². The third kappa shape index (κ3) is 2.07. The molecule has 1 N–H and O–H groups in total. The second kappa shape index (κ2) is 4.28. The summed E-state index contributed by atoms with van der Waals surface area (Å²) in [5.41, 5.74) is 1.14. The van der Waals surface area contributed by atoms with Crippen LogP contribution >= 0.6 is 11.6 Å². The maximum absolute atomic E-state index is 6.00. The van der Waals surface area contributed by atoms with Gasteiger partial charge in [-0.05, 0) is 30.4 Å². The number of nitrogens with zero attached hydrogens (tertiary/aromatic N) is 1. The molecule has 2 nitrogen and oxygen atoms in total. The van der Waals surface area contributed by atoms with Gasteiger partial charge in [0.2, 0.25) is 0 Å². The summed E-state index contributed by atoms with van der Waals surface area (Å²) < 4.78 is 0. The van der Waals surface area contributed by atoms with Crippen LogP contribution in [-0.4, -0.2) is 11.0 Å². The van der Waals surface area contributed by atoms with Crippen molar-refractivity contribution in [1.82, 2.24) is 10.3 Å².